The van der Waals surface area contributed by atoms with E-state index in [9.17, 15) is 13.2 Å². The number of rotatable bonds is 3. The lowest BCUT2D eigenvalue weighted by Gasteiger charge is -2.15. The van der Waals surface area contributed by atoms with E-state index in [2.05, 4.69) is 15.3 Å². The summed E-state index contributed by atoms with van der Waals surface area (Å²) in [5.41, 5.74) is 5.39. The van der Waals surface area contributed by atoms with E-state index >= 15 is 0 Å². The molecule has 116 valence electrons. The molecule has 1 aromatic carbocycles. The van der Waals surface area contributed by atoms with Crippen molar-refractivity contribution in [2.45, 2.75) is 13.1 Å². The van der Waals surface area contributed by atoms with Crippen molar-refractivity contribution in [2.75, 3.05) is 11.1 Å². The predicted molar refractivity (Wildman–Crippen MR) is 80.2 cm³/mol. The fourth-order valence-corrected chi connectivity index (χ4v) is 2.03. The fourth-order valence-electron chi connectivity index (χ4n) is 1.79. The molecule has 0 amide bonds. The smallest absolute Gasteiger partial charge is 0.368 e. The maximum atomic E-state index is 12.9. The van der Waals surface area contributed by atoms with Crippen LogP contribution in [-0.4, -0.2) is 9.97 Å². The number of alkyl halides is 3. The van der Waals surface area contributed by atoms with Crippen LogP contribution < -0.4 is 11.1 Å². The molecule has 4 nitrogen and oxygen atoms in total. The third kappa shape index (κ3) is 3.48. The second-order valence-electron chi connectivity index (χ2n) is 4.28. The summed E-state index contributed by atoms with van der Waals surface area (Å²) >= 11 is 5.76. The minimum Gasteiger partial charge on any atom is -0.368 e. The molecule has 22 heavy (non-hydrogen) atoms. The van der Waals surface area contributed by atoms with Crippen LogP contribution in [-0.2, 0) is 6.18 Å². The second kappa shape index (κ2) is 6.23. The largest absolute Gasteiger partial charge is 0.435 e. The van der Waals surface area contributed by atoms with Crippen molar-refractivity contribution >= 4 is 29.1 Å². The number of nitrogens with one attached hydrogen (secondary N) is 1. The zero-order valence-corrected chi connectivity index (χ0v) is 12.2. The number of nitrogen functional groups attached to an aromatic ring is 1. The van der Waals surface area contributed by atoms with Gasteiger partial charge in [0.05, 0.1) is 0 Å². The quantitative estimate of drug-likeness (QED) is 0.886. The maximum absolute atomic E-state index is 12.9. The molecule has 0 aliphatic carbocycles. The highest BCUT2D eigenvalue weighted by molar-refractivity contribution is 6.33. The summed E-state index contributed by atoms with van der Waals surface area (Å²) in [7, 11) is 0. The minimum absolute atomic E-state index is 0.196. The van der Waals surface area contributed by atoms with Crippen molar-refractivity contribution < 1.29 is 13.2 Å². The molecular formula is C14H12ClF3N4. The summed E-state index contributed by atoms with van der Waals surface area (Å²) in [5, 5.41) is 2.14. The highest BCUT2D eigenvalue weighted by Crippen LogP contribution is 2.37. The molecule has 0 aliphatic rings. The van der Waals surface area contributed by atoms with Crippen molar-refractivity contribution in [1.29, 1.82) is 0 Å². The van der Waals surface area contributed by atoms with Crippen LogP contribution >= 0.6 is 11.6 Å². The van der Waals surface area contributed by atoms with Gasteiger partial charge in [-0.3, -0.25) is 0 Å². The number of aromatic nitrogens is 2. The van der Waals surface area contributed by atoms with Gasteiger partial charge in [-0.15, -0.1) is 0 Å². The van der Waals surface area contributed by atoms with Gasteiger partial charge in [-0.25, -0.2) is 4.98 Å². The van der Waals surface area contributed by atoms with Gasteiger partial charge < -0.3 is 11.1 Å². The van der Waals surface area contributed by atoms with E-state index < -0.39 is 22.8 Å². The molecule has 3 N–H and O–H groups in total. The highest BCUT2D eigenvalue weighted by Gasteiger charge is 2.37. The van der Waals surface area contributed by atoms with E-state index in [1.807, 2.05) is 6.07 Å². The summed E-state index contributed by atoms with van der Waals surface area (Å²) in [6, 6.07) is 9.03. The Balaban J connectivity index is 2.44. The van der Waals surface area contributed by atoms with Crippen molar-refractivity contribution in [3.05, 3.63) is 52.7 Å². The molecule has 2 aromatic rings. The molecule has 0 radical (unpaired) electrons. The molecule has 0 aliphatic heterocycles. The third-order valence-electron chi connectivity index (χ3n) is 2.76. The second-order valence-corrected chi connectivity index (χ2v) is 4.66. The zero-order valence-electron chi connectivity index (χ0n) is 11.4. The van der Waals surface area contributed by atoms with Gasteiger partial charge in [0.25, 0.3) is 0 Å². The van der Waals surface area contributed by atoms with Crippen LogP contribution in [0.1, 0.15) is 18.2 Å². The first-order valence-corrected chi connectivity index (χ1v) is 6.59. The van der Waals surface area contributed by atoms with E-state index in [1.165, 1.54) is 0 Å². The molecular weight excluding hydrogens is 317 g/mol. The van der Waals surface area contributed by atoms with Crippen molar-refractivity contribution in [2.24, 2.45) is 0 Å². The monoisotopic (exact) mass is 328 g/mol. The number of benzene rings is 1. The van der Waals surface area contributed by atoms with E-state index in [1.54, 1.807) is 37.3 Å². The van der Waals surface area contributed by atoms with Crippen LogP contribution in [0.25, 0.3) is 5.70 Å². The summed E-state index contributed by atoms with van der Waals surface area (Å²) in [5.74, 6) is -0.707. The minimum atomic E-state index is -4.71. The molecule has 0 spiro atoms. The van der Waals surface area contributed by atoms with Crippen molar-refractivity contribution in [1.82, 2.24) is 9.97 Å². The number of hydrogen-bond donors (Lipinski definition) is 2. The Bertz CT molecular complexity index is 699. The van der Waals surface area contributed by atoms with Crippen LogP contribution in [0.3, 0.4) is 0 Å². The Morgan fingerprint density at radius 1 is 1.23 bits per heavy atom. The van der Waals surface area contributed by atoms with Gasteiger partial charge in [0.2, 0.25) is 5.95 Å². The van der Waals surface area contributed by atoms with Gasteiger partial charge in [0.1, 0.15) is 5.02 Å². The van der Waals surface area contributed by atoms with Crippen molar-refractivity contribution in [3.8, 4) is 0 Å². The number of hydrogen-bond acceptors (Lipinski definition) is 4. The van der Waals surface area contributed by atoms with Gasteiger partial charge in [-0.1, -0.05) is 48.0 Å². The number of anilines is 2. The Hall–Kier alpha value is -2.28. The first kappa shape index (κ1) is 16.1. The summed E-state index contributed by atoms with van der Waals surface area (Å²) in [4.78, 5) is 6.90. The lowest BCUT2D eigenvalue weighted by molar-refractivity contribution is -0.141. The average Bonchev–Trinajstić information content (AvgIpc) is 2.47. The molecule has 0 fully saturated rings. The average molecular weight is 329 g/mol. The molecule has 0 saturated heterocycles. The lowest BCUT2D eigenvalue weighted by Crippen LogP contribution is -2.14. The molecule has 0 unspecified atom stereocenters. The Morgan fingerprint density at radius 3 is 2.41 bits per heavy atom. The van der Waals surface area contributed by atoms with E-state index in [4.69, 9.17) is 17.3 Å². The van der Waals surface area contributed by atoms with Gasteiger partial charge in [-0.05, 0) is 12.5 Å². The maximum Gasteiger partial charge on any atom is 0.435 e. The predicted octanol–water partition coefficient (Wildman–Crippen LogP) is 4.20. The van der Waals surface area contributed by atoms with Crippen LogP contribution in [0.2, 0.25) is 5.02 Å². The van der Waals surface area contributed by atoms with Gasteiger partial charge >= 0.3 is 6.18 Å². The molecule has 2 rings (SSSR count). The molecule has 0 saturated carbocycles. The number of allylic oxidation sites excluding steroid dienone is 1. The zero-order chi connectivity index (χ0) is 16.3. The van der Waals surface area contributed by atoms with Gasteiger partial charge in [0, 0.05) is 5.70 Å². The van der Waals surface area contributed by atoms with Gasteiger partial charge in [-0.2, -0.15) is 18.2 Å². The van der Waals surface area contributed by atoms with Crippen LogP contribution in [0, 0.1) is 0 Å². The van der Waals surface area contributed by atoms with Crippen molar-refractivity contribution in [3.63, 3.8) is 0 Å². The molecule has 1 heterocycles. The van der Waals surface area contributed by atoms with Crippen LogP contribution in [0.15, 0.2) is 36.4 Å². The lowest BCUT2D eigenvalue weighted by atomic mass is 10.1. The SMILES string of the molecule is C/C=C(/Nc1nc(N)nc(C(F)(F)F)c1Cl)c1ccccc1. The standard InChI is InChI=1S/C14H12ClF3N4/c1-2-9(8-6-4-3-5-7-8)20-12-10(15)11(14(16,17)18)21-13(19)22-12/h2-7H,1H3,(H3,19,20,21,22)/b9-2+. The normalized spacial score (nSPS) is 12.3. The van der Waals surface area contributed by atoms with E-state index in [0.717, 1.165) is 5.56 Å². The number of nitrogens with two attached hydrogens (primary N) is 1. The highest BCUT2D eigenvalue weighted by atomic mass is 35.5. The summed E-state index contributed by atoms with van der Waals surface area (Å²) < 4.78 is 38.6. The third-order valence-corrected chi connectivity index (χ3v) is 3.12. The van der Waals surface area contributed by atoms with Crippen LogP contribution in [0.4, 0.5) is 24.9 Å². The first-order chi connectivity index (χ1) is 10.3. The Labute approximate surface area is 129 Å². The summed E-state index contributed by atoms with van der Waals surface area (Å²) in [6.45, 7) is 1.73. The molecule has 0 bridgehead atoms. The van der Waals surface area contributed by atoms with E-state index in [-0.39, 0.29) is 5.82 Å². The van der Waals surface area contributed by atoms with Crippen LogP contribution in [0.5, 0.6) is 0 Å². The number of halogens is 4. The first-order valence-electron chi connectivity index (χ1n) is 6.22. The number of nitrogens with zero attached hydrogens (tertiary/aromatic N) is 2. The Morgan fingerprint density at radius 2 is 1.86 bits per heavy atom. The molecule has 8 heteroatoms. The van der Waals surface area contributed by atoms with Gasteiger partial charge in [0.15, 0.2) is 11.5 Å². The fraction of sp³-hybridized carbons (Fsp3) is 0.143. The molecule has 0 atom stereocenters. The van der Waals surface area contributed by atoms with E-state index in [0.29, 0.717) is 5.70 Å². The molecule has 1 aromatic heterocycles. The topological polar surface area (TPSA) is 63.8 Å². The Kier molecular flexibility index (Phi) is 4.56. The summed E-state index contributed by atoms with van der Waals surface area (Å²) in [6.07, 6.45) is -3.02.